The molecule has 6 nitrogen and oxygen atoms in total. The zero-order chi connectivity index (χ0) is 12.8. The Morgan fingerprint density at radius 3 is 2.41 bits per heavy atom. The van der Waals surface area contributed by atoms with Crippen molar-refractivity contribution in [1.29, 1.82) is 0 Å². The van der Waals surface area contributed by atoms with Crippen LogP contribution in [-0.4, -0.2) is 51.9 Å². The highest BCUT2D eigenvalue weighted by Crippen LogP contribution is 2.01. The van der Waals surface area contributed by atoms with E-state index >= 15 is 0 Å². The number of aliphatic hydroxyl groups excluding tert-OH is 2. The maximum atomic E-state index is 11.8. The quantitative estimate of drug-likeness (QED) is 0.689. The molecule has 0 fully saturated rings. The number of carbonyl (C=O) groups is 1. The lowest BCUT2D eigenvalue weighted by molar-refractivity contribution is -0.132. The summed E-state index contributed by atoms with van der Waals surface area (Å²) in [5.74, 6) is -0.281. The molecule has 0 aliphatic carbocycles. The van der Waals surface area contributed by atoms with Gasteiger partial charge in [-0.2, -0.15) is 0 Å². The van der Waals surface area contributed by atoms with E-state index in [2.05, 4.69) is 0 Å². The van der Waals surface area contributed by atoms with Gasteiger partial charge in [0.2, 0.25) is 5.91 Å². The number of rotatable bonds is 6. The van der Waals surface area contributed by atoms with Gasteiger partial charge < -0.3 is 15.1 Å². The number of aryl methyl sites for hydroxylation is 1. The van der Waals surface area contributed by atoms with E-state index in [0.29, 0.717) is 0 Å². The minimum absolute atomic E-state index is 0.0475. The number of thiazole rings is 1. The lowest BCUT2D eigenvalue weighted by atomic mass is 10.4. The smallest absolute Gasteiger partial charge is 0.307 e. The highest BCUT2D eigenvalue weighted by molar-refractivity contribution is 7.07. The summed E-state index contributed by atoms with van der Waals surface area (Å²) in [5, 5.41) is 19.3. The third-order valence-corrected chi connectivity index (χ3v) is 3.24. The fourth-order valence-corrected chi connectivity index (χ4v) is 2.17. The summed E-state index contributed by atoms with van der Waals surface area (Å²) >= 11 is 1.05. The largest absolute Gasteiger partial charge is 0.395 e. The van der Waals surface area contributed by atoms with Crippen LogP contribution in [0.5, 0.6) is 0 Å². The lowest BCUT2D eigenvalue weighted by Gasteiger charge is -2.20. The van der Waals surface area contributed by atoms with E-state index in [1.54, 1.807) is 12.3 Å². The van der Waals surface area contributed by atoms with Crippen LogP contribution in [0.2, 0.25) is 0 Å². The fraction of sp³-hybridized carbons (Fsp3) is 0.600. The summed E-state index contributed by atoms with van der Waals surface area (Å²) in [6, 6.07) is 0. The number of hydrogen-bond acceptors (Lipinski definition) is 5. The monoisotopic (exact) mass is 260 g/mol. The molecular weight excluding hydrogens is 244 g/mol. The first-order chi connectivity index (χ1) is 8.10. The summed E-state index contributed by atoms with van der Waals surface area (Å²) in [4.78, 5) is 24.4. The third-order valence-electron chi connectivity index (χ3n) is 2.36. The Balaban J connectivity index is 2.73. The molecule has 0 saturated carbocycles. The summed E-state index contributed by atoms with van der Waals surface area (Å²) in [7, 11) is 0. The topological polar surface area (TPSA) is 82.8 Å². The zero-order valence-corrected chi connectivity index (χ0v) is 10.4. The summed E-state index contributed by atoms with van der Waals surface area (Å²) < 4.78 is 1.38. The Morgan fingerprint density at radius 1 is 1.41 bits per heavy atom. The highest BCUT2D eigenvalue weighted by atomic mass is 32.1. The first-order valence-corrected chi connectivity index (χ1v) is 6.12. The average molecular weight is 260 g/mol. The van der Waals surface area contributed by atoms with Crippen LogP contribution in [0.4, 0.5) is 0 Å². The Labute approximate surface area is 103 Å². The second-order valence-corrected chi connectivity index (χ2v) is 4.38. The first kappa shape index (κ1) is 13.9. The molecule has 0 aliphatic heterocycles. The molecule has 96 valence electrons. The third kappa shape index (κ3) is 3.65. The molecule has 0 aliphatic rings. The van der Waals surface area contributed by atoms with E-state index in [9.17, 15) is 9.59 Å². The predicted octanol–water partition coefficient (Wildman–Crippen LogP) is -0.969. The minimum Gasteiger partial charge on any atom is -0.395 e. The molecule has 0 bridgehead atoms. The molecule has 7 heteroatoms. The first-order valence-electron chi connectivity index (χ1n) is 5.24. The van der Waals surface area contributed by atoms with Crippen LogP contribution in [-0.2, 0) is 11.3 Å². The molecule has 0 unspecified atom stereocenters. The molecule has 0 saturated heterocycles. The van der Waals surface area contributed by atoms with E-state index < -0.39 is 0 Å². The molecule has 2 N–H and O–H groups in total. The lowest BCUT2D eigenvalue weighted by Crippen LogP contribution is -2.39. The van der Waals surface area contributed by atoms with Crippen molar-refractivity contribution in [2.24, 2.45) is 0 Å². The molecule has 0 atom stereocenters. The van der Waals surface area contributed by atoms with Gasteiger partial charge in [-0.05, 0) is 6.92 Å². The van der Waals surface area contributed by atoms with Gasteiger partial charge in [0, 0.05) is 24.2 Å². The summed E-state index contributed by atoms with van der Waals surface area (Å²) in [6.07, 6.45) is 0. The minimum atomic E-state index is -0.281. The Bertz CT molecular complexity index is 420. The molecule has 1 rings (SSSR count). The van der Waals surface area contributed by atoms with Gasteiger partial charge in [-0.25, -0.2) is 0 Å². The number of hydrogen-bond donors (Lipinski definition) is 2. The molecule has 0 spiro atoms. The second kappa shape index (κ2) is 6.53. The van der Waals surface area contributed by atoms with Gasteiger partial charge in [0.1, 0.15) is 6.54 Å². The highest BCUT2D eigenvalue weighted by Gasteiger charge is 2.15. The van der Waals surface area contributed by atoms with E-state index in [1.165, 1.54) is 9.47 Å². The summed E-state index contributed by atoms with van der Waals surface area (Å²) in [5.41, 5.74) is 0.737. The average Bonchev–Trinajstić information content (AvgIpc) is 2.60. The zero-order valence-electron chi connectivity index (χ0n) is 9.63. The fourth-order valence-electron chi connectivity index (χ4n) is 1.43. The van der Waals surface area contributed by atoms with Gasteiger partial charge in [0.15, 0.2) is 0 Å². The summed E-state index contributed by atoms with van der Waals surface area (Å²) in [6.45, 7) is 1.71. The normalized spacial score (nSPS) is 10.5. The molecule has 1 amide bonds. The van der Waals surface area contributed by atoms with E-state index in [0.717, 1.165) is 17.0 Å². The number of aromatic nitrogens is 1. The van der Waals surface area contributed by atoms with Gasteiger partial charge >= 0.3 is 4.87 Å². The standard InChI is InChI=1S/C10H16N2O4S/c1-8-7-17-10(16)12(8)6-9(15)11(2-4-13)3-5-14/h7,13-14H,2-6H2,1H3. The maximum absolute atomic E-state index is 11.8. The van der Waals surface area contributed by atoms with Crippen LogP contribution in [0.3, 0.4) is 0 Å². The number of nitrogens with zero attached hydrogens (tertiary/aromatic N) is 2. The van der Waals surface area contributed by atoms with Crippen molar-refractivity contribution >= 4 is 17.2 Å². The van der Waals surface area contributed by atoms with Crippen LogP contribution in [0.15, 0.2) is 10.2 Å². The van der Waals surface area contributed by atoms with Crippen LogP contribution in [0.25, 0.3) is 0 Å². The van der Waals surface area contributed by atoms with Crippen LogP contribution >= 0.6 is 11.3 Å². The van der Waals surface area contributed by atoms with Crippen LogP contribution in [0.1, 0.15) is 5.69 Å². The van der Waals surface area contributed by atoms with E-state index in [-0.39, 0.29) is 43.6 Å². The van der Waals surface area contributed by atoms with Gasteiger partial charge in [0.05, 0.1) is 13.2 Å². The van der Waals surface area contributed by atoms with Crippen molar-refractivity contribution in [2.45, 2.75) is 13.5 Å². The van der Waals surface area contributed by atoms with Gasteiger partial charge in [-0.15, -0.1) is 0 Å². The Morgan fingerprint density at radius 2 is 2.00 bits per heavy atom. The molecule has 0 aromatic carbocycles. The maximum Gasteiger partial charge on any atom is 0.307 e. The molecule has 0 radical (unpaired) electrons. The van der Waals surface area contributed by atoms with Crippen LogP contribution in [0, 0.1) is 6.92 Å². The van der Waals surface area contributed by atoms with Crippen molar-refractivity contribution in [3.63, 3.8) is 0 Å². The van der Waals surface area contributed by atoms with E-state index in [4.69, 9.17) is 10.2 Å². The number of amides is 1. The Hall–Kier alpha value is -1.18. The molecule has 1 heterocycles. The van der Waals surface area contributed by atoms with Gasteiger partial charge in [-0.1, -0.05) is 11.3 Å². The number of carbonyl (C=O) groups excluding carboxylic acids is 1. The molecule has 1 aromatic rings. The van der Waals surface area contributed by atoms with Crippen molar-refractivity contribution in [2.75, 3.05) is 26.3 Å². The van der Waals surface area contributed by atoms with Crippen molar-refractivity contribution in [1.82, 2.24) is 9.47 Å². The van der Waals surface area contributed by atoms with Crippen molar-refractivity contribution < 1.29 is 15.0 Å². The van der Waals surface area contributed by atoms with E-state index in [1.807, 2.05) is 0 Å². The molecule has 17 heavy (non-hydrogen) atoms. The Kier molecular flexibility index (Phi) is 5.33. The van der Waals surface area contributed by atoms with Gasteiger partial charge in [-0.3, -0.25) is 14.2 Å². The molecule has 1 aromatic heterocycles. The number of aliphatic hydroxyl groups is 2. The van der Waals surface area contributed by atoms with Gasteiger partial charge in [0.25, 0.3) is 0 Å². The van der Waals surface area contributed by atoms with Crippen molar-refractivity contribution in [3.8, 4) is 0 Å². The molecular formula is C10H16N2O4S. The van der Waals surface area contributed by atoms with Crippen LogP contribution < -0.4 is 4.87 Å². The SMILES string of the molecule is Cc1csc(=O)n1CC(=O)N(CCO)CCO. The second-order valence-electron chi connectivity index (χ2n) is 3.56. The van der Waals surface area contributed by atoms with Crippen molar-refractivity contribution in [3.05, 3.63) is 20.7 Å². The predicted molar refractivity (Wildman–Crippen MR) is 64.1 cm³/mol.